The molecule has 90 valence electrons. The van der Waals surface area contributed by atoms with Gasteiger partial charge in [-0.05, 0) is 17.7 Å². The van der Waals surface area contributed by atoms with Gasteiger partial charge in [0.15, 0.2) is 0 Å². The Morgan fingerprint density at radius 3 is 2.31 bits per heavy atom. The Labute approximate surface area is 87.3 Å². The van der Waals surface area contributed by atoms with Gasteiger partial charge >= 0.3 is 6.36 Å². The van der Waals surface area contributed by atoms with E-state index < -0.39 is 30.7 Å². The molecular formula is C9H7F5O2. The molecule has 0 unspecified atom stereocenters. The number of rotatable bonds is 3. The number of halogens is 5. The van der Waals surface area contributed by atoms with E-state index in [2.05, 4.69) is 4.74 Å². The average molecular weight is 242 g/mol. The maximum Gasteiger partial charge on any atom is 0.573 e. The van der Waals surface area contributed by atoms with Crippen LogP contribution in [0.2, 0.25) is 0 Å². The van der Waals surface area contributed by atoms with Crippen molar-refractivity contribution < 1.29 is 31.8 Å². The van der Waals surface area contributed by atoms with Gasteiger partial charge in [0.25, 0.3) is 6.43 Å². The van der Waals surface area contributed by atoms with E-state index in [9.17, 15) is 22.0 Å². The monoisotopic (exact) mass is 242 g/mol. The van der Waals surface area contributed by atoms with E-state index in [1.54, 1.807) is 0 Å². The van der Waals surface area contributed by atoms with Gasteiger partial charge in [-0.25, -0.2) is 8.78 Å². The highest BCUT2D eigenvalue weighted by molar-refractivity contribution is 5.38. The summed E-state index contributed by atoms with van der Waals surface area (Å²) in [5.74, 6) is -0.992. The molecule has 0 aliphatic carbocycles. The first-order valence-corrected chi connectivity index (χ1v) is 4.11. The Morgan fingerprint density at radius 1 is 1.25 bits per heavy atom. The molecule has 1 N–H and O–H groups in total. The number of hydrogen-bond acceptors (Lipinski definition) is 2. The van der Waals surface area contributed by atoms with E-state index >= 15 is 0 Å². The van der Waals surface area contributed by atoms with Gasteiger partial charge in [0, 0.05) is 0 Å². The van der Waals surface area contributed by atoms with Gasteiger partial charge in [0.1, 0.15) is 5.75 Å². The Kier molecular flexibility index (Phi) is 3.69. The molecule has 0 amide bonds. The SMILES string of the molecule is OCc1ccc(C(F)F)c(OC(F)(F)F)c1. The van der Waals surface area contributed by atoms with E-state index in [-0.39, 0.29) is 5.56 Å². The van der Waals surface area contributed by atoms with Crippen molar-refractivity contribution in [2.24, 2.45) is 0 Å². The first-order valence-electron chi connectivity index (χ1n) is 4.11. The molecule has 0 heterocycles. The number of aliphatic hydroxyl groups excluding tert-OH is 1. The molecule has 0 aliphatic rings. The van der Waals surface area contributed by atoms with Crippen LogP contribution in [0.5, 0.6) is 5.75 Å². The number of ether oxygens (including phenoxy) is 1. The van der Waals surface area contributed by atoms with Crippen molar-refractivity contribution in [3.63, 3.8) is 0 Å². The zero-order valence-corrected chi connectivity index (χ0v) is 7.76. The lowest BCUT2D eigenvalue weighted by Gasteiger charge is -2.13. The summed E-state index contributed by atoms with van der Waals surface area (Å²) in [6, 6.07) is 2.62. The average Bonchev–Trinajstić information content (AvgIpc) is 2.14. The summed E-state index contributed by atoms with van der Waals surface area (Å²) in [5.41, 5.74) is -0.807. The zero-order chi connectivity index (χ0) is 12.3. The Hall–Kier alpha value is -1.37. The summed E-state index contributed by atoms with van der Waals surface area (Å²) in [7, 11) is 0. The van der Waals surface area contributed by atoms with Gasteiger partial charge in [-0.15, -0.1) is 13.2 Å². The van der Waals surface area contributed by atoms with Crippen LogP contribution in [-0.2, 0) is 6.61 Å². The van der Waals surface area contributed by atoms with Crippen LogP contribution < -0.4 is 4.74 Å². The fourth-order valence-electron chi connectivity index (χ4n) is 1.07. The maximum absolute atomic E-state index is 12.3. The standard InChI is InChI=1S/C9H7F5O2/c10-8(11)6-2-1-5(4-15)3-7(6)16-9(12,13)14/h1-3,8,15H,4H2. The third-order valence-corrected chi connectivity index (χ3v) is 1.72. The number of benzene rings is 1. The number of hydrogen-bond donors (Lipinski definition) is 1. The molecule has 7 heteroatoms. The predicted molar refractivity (Wildman–Crippen MR) is 44.0 cm³/mol. The highest BCUT2D eigenvalue weighted by Crippen LogP contribution is 2.33. The number of aliphatic hydroxyl groups is 1. The predicted octanol–water partition coefficient (Wildman–Crippen LogP) is 3.02. The minimum absolute atomic E-state index is 0.0589. The first kappa shape index (κ1) is 12.7. The van der Waals surface area contributed by atoms with Crippen LogP contribution in [0.4, 0.5) is 22.0 Å². The Bertz CT molecular complexity index is 361. The van der Waals surface area contributed by atoms with Crippen LogP contribution in [0.1, 0.15) is 17.6 Å². The molecule has 1 rings (SSSR count). The van der Waals surface area contributed by atoms with E-state index in [0.29, 0.717) is 0 Å². The van der Waals surface area contributed by atoms with Crippen molar-refractivity contribution in [1.29, 1.82) is 0 Å². The quantitative estimate of drug-likeness (QED) is 0.825. The number of alkyl halides is 5. The highest BCUT2D eigenvalue weighted by Gasteiger charge is 2.33. The molecule has 0 saturated heterocycles. The summed E-state index contributed by atoms with van der Waals surface area (Å²) in [4.78, 5) is 0. The summed E-state index contributed by atoms with van der Waals surface area (Å²) >= 11 is 0. The van der Waals surface area contributed by atoms with Gasteiger partial charge in [0.05, 0.1) is 12.2 Å². The fraction of sp³-hybridized carbons (Fsp3) is 0.333. The van der Waals surface area contributed by atoms with Crippen LogP contribution in [0.3, 0.4) is 0 Å². The fourth-order valence-corrected chi connectivity index (χ4v) is 1.07. The van der Waals surface area contributed by atoms with Crippen LogP contribution in [-0.4, -0.2) is 11.5 Å². The van der Waals surface area contributed by atoms with Crippen molar-refractivity contribution in [2.75, 3.05) is 0 Å². The molecule has 1 aromatic rings. The van der Waals surface area contributed by atoms with Crippen molar-refractivity contribution in [3.8, 4) is 5.75 Å². The molecule has 2 nitrogen and oxygen atoms in total. The lowest BCUT2D eigenvalue weighted by Crippen LogP contribution is -2.18. The molecule has 0 bridgehead atoms. The molecule has 0 atom stereocenters. The molecule has 16 heavy (non-hydrogen) atoms. The van der Waals surface area contributed by atoms with Crippen molar-refractivity contribution in [2.45, 2.75) is 19.4 Å². The smallest absolute Gasteiger partial charge is 0.405 e. The van der Waals surface area contributed by atoms with Crippen LogP contribution >= 0.6 is 0 Å². The third-order valence-electron chi connectivity index (χ3n) is 1.72. The van der Waals surface area contributed by atoms with Crippen molar-refractivity contribution in [1.82, 2.24) is 0 Å². The second-order valence-corrected chi connectivity index (χ2v) is 2.88. The minimum atomic E-state index is -5.04. The molecule has 0 aromatic heterocycles. The zero-order valence-electron chi connectivity index (χ0n) is 7.76. The van der Waals surface area contributed by atoms with Gasteiger partial charge < -0.3 is 9.84 Å². The molecular weight excluding hydrogens is 235 g/mol. The maximum atomic E-state index is 12.3. The van der Waals surface area contributed by atoms with Gasteiger partial charge in [0.2, 0.25) is 0 Å². The van der Waals surface area contributed by atoms with Gasteiger partial charge in [-0.1, -0.05) is 6.07 Å². The topological polar surface area (TPSA) is 29.5 Å². The molecule has 0 radical (unpaired) electrons. The van der Waals surface area contributed by atoms with Crippen LogP contribution in [0.25, 0.3) is 0 Å². The second-order valence-electron chi connectivity index (χ2n) is 2.88. The van der Waals surface area contributed by atoms with E-state index in [0.717, 1.165) is 18.2 Å². The van der Waals surface area contributed by atoms with E-state index in [1.807, 2.05) is 0 Å². The summed E-state index contributed by atoms with van der Waals surface area (Å²) in [6.45, 7) is -0.558. The lowest BCUT2D eigenvalue weighted by molar-refractivity contribution is -0.275. The normalized spacial score (nSPS) is 11.9. The van der Waals surface area contributed by atoms with Gasteiger partial charge in [-0.3, -0.25) is 0 Å². The summed E-state index contributed by atoms with van der Waals surface area (Å²) < 4.78 is 63.8. The molecule has 1 aromatic carbocycles. The largest absolute Gasteiger partial charge is 0.573 e. The van der Waals surface area contributed by atoms with E-state index in [1.165, 1.54) is 0 Å². The summed E-state index contributed by atoms with van der Waals surface area (Å²) in [5, 5.41) is 8.67. The minimum Gasteiger partial charge on any atom is -0.405 e. The lowest BCUT2D eigenvalue weighted by atomic mass is 10.1. The van der Waals surface area contributed by atoms with E-state index in [4.69, 9.17) is 5.11 Å². The highest BCUT2D eigenvalue weighted by atomic mass is 19.4. The van der Waals surface area contributed by atoms with Crippen LogP contribution in [0, 0.1) is 0 Å². The third kappa shape index (κ3) is 3.34. The van der Waals surface area contributed by atoms with Crippen LogP contribution in [0.15, 0.2) is 18.2 Å². The summed E-state index contributed by atoms with van der Waals surface area (Å²) in [6.07, 6.45) is -8.12. The second kappa shape index (κ2) is 4.65. The van der Waals surface area contributed by atoms with Crippen molar-refractivity contribution >= 4 is 0 Å². The Balaban J connectivity index is 3.10. The molecule has 0 saturated carbocycles. The van der Waals surface area contributed by atoms with Crippen molar-refractivity contribution in [3.05, 3.63) is 29.3 Å². The van der Waals surface area contributed by atoms with Gasteiger partial charge in [-0.2, -0.15) is 0 Å². The molecule has 0 aliphatic heterocycles. The molecule has 0 spiro atoms. The first-order chi connectivity index (χ1) is 7.33. The molecule has 0 fully saturated rings. The Morgan fingerprint density at radius 2 is 1.88 bits per heavy atom.